The van der Waals surface area contributed by atoms with Crippen LogP contribution in [0, 0.1) is 0 Å². The van der Waals surface area contributed by atoms with Crippen molar-refractivity contribution >= 4 is 34.0 Å². The first-order valence-corrected chi connectivity index (χ1v) is 6.81. The van der Waals surface area contributed by atoms with E-state index in [0.717, 1.165) is 40.4 Å². The monoisotopic (exact) mass is 282 g/mol. The van der Waals surface area contributed by atoms with Gasteiger partial charge in [0.15, 0.2) is 0 Å². The second-order valence-electron chi connectivity index (χ2n) is 4.76. The van der Waals surface area contributed by atoms with E-state index in [4.69, 9.17) is 11.6 Å². The number of nitrogens with zero attached hydrogens (tertiary/aromatic N) is 4. The predicted octanol–water partition coefficient (Wildman–Crippen LogP) is 3.37. The Labute approximate surface area is 121 Å². The van der Waals surface area contributed by atoms with Gasteiger partial charge in [0.1, 0.15) is 12.1 Å². The molecule has 0 bridgehead atoms. The molecule has 4 nitrogen and oxygen atoms in total. The summed E-state index contributed by atoms with van der Waals surface area (Å²) in [4.78, 5) is 15.0. The maximum absolute atomic E-state index is 6.12. The van der Waals surface area contributed by atoms with Crippen molar-refractivity contribution in [3.8, 4) is 0 Å². The maximum atomic E-state index is 6.12. The Morgan fingerprint density at radius 1 is 1.15 bits per heavy atom. The third kappa shape index (κ3) is 1.72. The molecule has 0 fully saturated rings. The average molecular weight is 283 g/mol. The van der Waals surface area contributed by atoms with Gasteiger partial charge in [-0.05, 0) is 30.2 Å². The van der Waals surface area contributed by atoms with Crippen LogP contribution in [-0.2, 0) is 6.42 Å². The summed E-state index contributed by atoms with van der Waals surface area (Å²) in [6.45, 7) is 0.907. The van der Waals surface area contributed by atoms with Crippen molar-refractivity contribution in [2.75, 3.05) is 11.4 Å². The topological polar surface area (TPSA) is 41.9 Å². The second kappa shape index (κ2) is 4.42. The molecule has 4 rings (SSSR count). The van der Waals surface area contributed by atoms with Crippen molar-refractivity contribution in [2.45, 2.75) is 6.42 Å². The van der Waals surface area contributed by atoms with Crippen LogP contribution in [0.25, 0.3) is 10.9 Å². The van der Waals surface area contributed by atoms with Gasteiger partial charge in [-0.2, -0.15) is 0 Å². The zero-order valence-electron chi connectivity index (χ0n) is 10.6. The lowest BCUT2D eigenvalue weighted by Gasteiger charge is -2.19. The van der Waals surface area contributed by atoms with Crippen molar-refractivity contribution < 1.29 is 0 Å². The van der Waals surface area contributed by atoms with Gasteiger partial charge < -0.3 is 4.90 Å². The van der Waals surface area contributed by atoms with Crippen LogP contribution in [-0.4, -0.2) is 21.5 Å². The van der Waals surface area contributed by atoms with Crippen molar-refractivity contribution in [1.82, 2.24) is 15.0 Å². The average Bonchev–Trinajstić information content (AvgIpc) is 2.89. The smallest absolute Gasteiger partial charge is 0.144 e. The molecule has 0 saturated heterocycles. The summed E-state index contributed by atoms with van der Waals surface area (Å²) in [6.07, 6.45) is 6.12. The highest BCUT2D eigenvalue weighted by molar-refractivity contribution is 6.31. The Morgan fingerprint density at radius 3 is 3.05 bits per heavy atom. The lowest BCUT2D eigenvalue weighted by molar-refractivity contribution is 0.974. The summed E-state index contributed by atoms with van der Waals surface area (Å²) in [5.74, 6) is 0.915. The first kappa shape index (κ1) is 11.6. The number of pyridine rings is 1. The fraction of sp³-hybridized carbons (Fsp3) is 0.133. The quantitative estimate of drug-likeness (QED) is 0.686. The summed E-state index contributed by atoms with van der Waals surface area (Å²) in [7, 11) is 0. The Hall–Kier alpha value is -2.20. The van der Waals surface area contributed by atoms with Crippen LogP contribution in [0.3, 0.4) is 0 Å². The third-order valence-electron chi connectivity index (χ3n) is 3.62. The molecule has 0 atom stereocenters. The van der Waals surface area contributed by atoms with Crippen LogP contribution >= 0.6 is 11.6 Å². The Morgan fingerprint density at radius 2 is 2.10 bits per heavy atom. The van der Waals surface area contributed by atoms with E-state index in [1.807, 2.05) is 18.2 Å². The molecule has 0 N–H and O–H groups in total. The van der Waals surface area contributed by atoms with Crippen LogP contribution in [0.2, 0.25) is 5.02 Å². The minimum atomic E-state index is 0.746. The minimum Gasteiger partial charge on any atom is -0.325 e. The van der Waals surface area contributed by atoms with Crippen molar-refractivity contribution in [2.24, 2.45) is 0 Å². The summed E-state index contributed by atoms with van der Waals surface area (Å²) in [5.41, 5.74) is 3.29. The Balaban J connectivity index is 1.92. The molecule has 1 aromatic carbocycles. The van der Waals surface area contributed by atoms with E-state index in [0.29, 0.717) is 0 Å². The Kier molecular flexibility index (Phi) is 2.57. The molecule has 3 aromatic rings. The summed E-state index contributed by atoms with van der Waals surface area (Å²) in [6, 6.07) is 7.97. The molecule has 0 unspecified atom stereocenters. The second-order valence-corrected chi connectivity index (χ2v) is 5.20. The fourth-order valence-electron chi connectivity index (χ4n) is 2.68. The fourth-order valence-corrected chi connectivity index (χ4v) is 2.85. The van der Waals surface area contributed by atoms with E-state index in [1.165, 1.54) is 5.56 Å². The van der Waals surface area contributed by atoms with E-state index in [1.54, 1.807) is 18.7 Å². The summed E-state index contributed by atoms with van der Waals surface area (Å²) < 4.78 is 0. The van der Waals surface area contributed by atoms with E-state index < -0.39 is 0 Å². The molecule has 0 saturated carbocycles. The molecule has 2 aromatic heterocycles. The number of anilines is 2. The van der Waals surface area contributed by atoms with E-state index in [9.17, 15) is 0 Å². The molecule has 0 spiro atoms. The van der Waals surface area contributed by atoms with Gasteiger partial charge in [0, 0.05) is 28.8 Å². The number of fused-ring (bicyclic) bond motifs is 2. The molecule has 20 heavy (non-hydrogen) atoms. The first-order valence-electron chi connectivity index (χ1n) is 6.43. The predicted molar refractivity (Wildman–Crippen MR) is 79.5 cm³/mol. The molecular weight excluding hydrogens is 272 g/mol. The summed E-state index contributed by atoms with van der Waals surface area (Å²) >= 11 is 6.12. The highest BCUT2D eigenvalue weighted by Crippen LogP contribution is 2.37. The van der Waals surface area contributed by atoms with Gasteiger partial charge in [-0.25, -0.2) is 9.97 Å². The van der Waals surface area contributed by atoms with Gasteiger partial charge in [0.2, 0.25) is 0 Å². The number of hydrogen-bond acceptors (Lipinski definition) is 4. The van der Waals surface area contributed by atoms with Crippen LogP contribution < -0.4 is 4.90 Å². The zero-order valence-corrected chi connectivity index (χ0v) is 11.4. The van der Waals surface area contributed by atoms with Crippen LogP contribution in [0.5, 0.6) is 0 Å². The van der Waals surface area contributed by atoms with Crippen LogP contribution in [0.1, 0.15) is 5.56 Å². The Bertz CT molecular complexity index is 797. The minimum absolute atomic E-state index is 0.746. The lowest BCUT2D eigenvalue weighted by Crippen LogP contribution is -2.15. The first-order chi connectivity index (χ1) is 9.83. The third-order valence-corrected chi connectivity index (χ3v) is 3.85. The number of halogens is 1. The maximum Gasteiger partial charge on any atom is 0.144 e. The molecule has 98 valence electrons. The van der Waals surface area contributed by atoms with Crippen LogP contribution in [0.4, 0.5) is 11.5 Å². The van der Waals surface area contributed by atoms with Gasteiger partial charge in [-0.15, -0.1) is 0 Å². The van der Waals surface area contributed by atoms with Gasteiger partial charge in [0.25, 0.3) is 0 Å². The highest BCUT2D eigenvalue weighted by Gasteiger charge is 2.23. The molecule has 0 aliphatic carbocycles. The normalized spacial score (nSPS) is 13.8. The number of hydrogen-bond donors (Lipinski definition) is 0. The molecule has 1 aliphatic rings. The molecule has 5 heteroatoms. The summed E-state index contributed by atoms with van der Waals surface area (Å²) in [5, 5.41) is 1.76. The van der Waals surface area contributed by atoms with Crippen molar-refractivity contribution in [3.63, 3.8) is 0 Å². The number of aromatic nitrogens is 3. The van der Waals surface area contributed by atoms with E-state index in [2.05, 4.69) is 25.9 Å². The standard InChI is InChI=1S/C15H11ClN4/c16-11-2-1-10-4-6-20(14(10)7-11)15-12-3-5-17-8-13(12)18-9-19-15/h1-3,5,7-9H,4,6H2. The van der Waals surface area contributed by atoms with Crippen molar-refractivity contribution in [1.29, 1.82) is 0 Å². The van der Waals surface area contributed by atoms with Gasteiger partial charge in [0.05, 0.1) is 11.7 Å². The van der Waals surface area contributed by atoms with E-state index in [-0.39, 0.29) is 0 Å². The molecule has 3 heterocycles. The van der Waals surface area contributed by atoms with Gasteiger partial charge in [-0.1, -0.05) is 17.7 Å². The lowest BCUT2D eigenvalue weighted by atomic mass is 10.2. The van der Waals surface area contributed by atoms with E-state index >= 15 is 0 Å². The van der Waals surface area contributed by atoms with Crippen molar-refractivity contribution in [3.05, 3.63) is 53.6 Å². The molecule has 1 aliphatic heterocycles. The van der Waals surface area contributed by atoms with Gasteiger partial charge in [-0.3, -0.25) is 4.98 Å². The molecule has 0 amide bonds. The van der Waals surface area contributed by atoms with Crippen LogP contribution in [0.15, 0.2) is 43.0 Å². The van der Waals surface area contributed by atoms with Gasteiger partial charge >= 0.3 is 0 Å². The highest BCUT2D eigenvalue weighted by atomic mass is 35.5. The molecule has 0 radical (unpaired) electrons. The SMILES string of the molecule is Clc1ccc2c(c1)N(c1ncnc3cnccc13)CC2. The number of rotatable bonds is 1. The molecular formula is C15H11ClN4. The largest absolute Gasteiger partial charge is 0.325 e. The number of benzene rings is 1. The zero-order chi connectivity index (χ0) is 13.5.